The van der Waals surface area contributed by atoms with Gasteiger partial charge in [0.05, 0.1) is 0 Å². The second-order valence-corrected chi connectivity index (χ2v) is 10.9. The molecule has 0 bridgehead atoms. The standard InChI is InChI=1S/C6H7N.3H2O7S2.H2O/c7-6-4-2-1-3-5-6;3*1-8(2,3)7-9(4,5)6;/h1-5H,7H2;3*(H,1,2,3)(H,4,5,6);1H2. The Labute approximate surface area is 198 Å². The van der Waals surface area contributed by atoms with Gasteiger partial charge in [-0.3, -0.25) is 27.3 Å². The fourth-order valence-corrected chi connectivity index (χ4v) is 3.39. The van der Waals surface area contributed by atoms with Gasteiger partial charge in [0.2, 0.25) is 0 Å². The molecule has 1 aromatic rings. The van der Waals surface area contributed by atoms with Gasteiger partial charge in [-0.25, -0.2) is 0 Å². The first-order valence-corrected chi connectivity index (χ1v) is 14.5. The molecule has 23 nitrogen and oxygen atoms in total. The first kappa shape index (κ1) is 40.5. The highest BCUT2D eigenvalue weighted by Crippen LogP contribution is 1.96. The topological polar surface area (TPSA) is 411 Å². The molecule has 0 aliphatic carbocycles. The summed E-state index contributed by atoms with van der Waals surface area (Å²) in [5.41, 5.74) is 6.18. The maximum Gasteiger partial charge on any atom is 0.413 e. The summed E-state index contributed by atoms with van der Waals surface area (Å²) in [6.07, 6.45) is 0. The lowest BCUT2D eigenvalue weighted by Gasteiger charge is -1.89. The van der Waals surface area contributed by atoms with Crippen LogP contribution in [0.25, 0.3) is 0 Å². The molecule has 0 aliphatic rings. The van der Waals surface area contributed by atoms with Crippen LogP contribution in [0.3, 0.4) is 0 Å². The average molecular weight is 646 g/mol. The van der Waals surface area contributed by atoms with Crippen LogP contribution in [0.1, 0.15) is 0 Å². The Morgan fingerprint density at radius 1 is 0.457 bits per heavy atom. The number of rotatable bonds is 6. The lowest BCUT2D eigenvalue weighted by Crippen LogP contribution is -2.10. The van der Waals surface area contributed by atoms with Crippen molar-refractivity contribution in [3.63, 3.8) is 0 Å². The molecule has 1 aromatic carbocycles. The summed E-state index contributed by atoms with van der Waals surface area (Å²) >= 11 is 0. The van der Waals surface area contributed by atoms with E-state index in [0.29, 0.717) is 0 Å². The number of hydrogen-bond donors (Lipinski definition) is 7. The van der Waals surface area contributed by atoms with Crippen molar-refractivity contribution >= 4 is 68.1 Å². The minimum Gasteiger partial charge on any atom is -0.412 e. The Bertz CT molecular complexity index is 1150. The highest BCUT2D eigenvalue weighted by Gasteiger charge is 2.17. The summed E-state index contributed by atoms with van der Waals surface area (Å²) < 4.78 is 167. The van der Waals surface area contributed by atoms with Gasteiger partial charge in [0.15, 0.2) is 0 Å². The van der Waals surface area contributed by atoms with E-state index >= 15 is 0 Å². The quantitative estimate of drug-likeness (QED) is 0.115. The van der Waals surface area contributed by atoms with E-state index in [1.165, 1.54) is 0 Å². The zero-order valence-corrected chi connectivity index (χ0v) is 20.6. The van der Waals surface area contributed by atoms with E-state index < -0.39 is 62.4 Å². The molecule has 0 spiro atoms. The average Bonchev–Trinajstić information content (AvgIpc) is 2.37. The van der Waals surface area contributed by atoms with Gasteiger partial charge < -0.3 is 11.2 Å². The van der Waals surface area contributed by atoms with E-state index in [9.17, 15) is 50.5 Å². The van der Waals surface area contributed by atoms with Gasteiger partial charge >= 0.3 is 62.4 Å². The SMILES string of the molecule is Nc1ccccc1.O.O=S(=O)(O)OS(=O)(=O)O.O=S(=O)(O)OS(=O)(=O)O.O=S(=O)(O)OS(=O)(=O)O. The number of benzene rings is 1. The molecule has 0 atom stereocenters. The Morgan fingerprint density at radius 2 is 0.629 bits per heavy atom. The molecule has 0 radical (unpaired) electrons. The van der Waals surface area contributed by atoms with Gasteiger partial charge in [-0.1, -0.05) is 18.2 Å². The van der Waals surface area contributed by atoms with Crippen LogP contribution in [-0.4, -0.2) is 83.3 Å². The highest BCUT2D eigenvalue weighted by molar-refractivity contribution is 7.95. The molecule has 29 heteroatoms. The summed E-state index contributed by atoms with van der Waals surface area (Å²) in [5, 5.41) is 0. The monoisotopic (exact) mass is 645 g/mol. The second kappa shape index (κ2) is 15.4. The van der Waals surface area contributed by atoms with Crippen LogP contribution in [0.2, 0.25) is 0 Å². The zero-order chi connectivity index (χ0) is 28.2. The lowest BCUT2D eigenvalue weighted by molar-refractivity contribution is 0.339. The second-order valence-electron chi connectivity index (χ2n) is 4.18. The molecule has 0 aromatic heterocycles. The van der Waals surface area contributed by atoms with Crippen molar-refractivity contribution in [2.75, 3.05) is 5.73 Å². The van der Waals surface area contributed by atoms with Crippen molar-refractivity contribution in [3.05, 3.63) is 30.3 Å². The largest absolute Gasteiger partial charge is 0.413 e. The molecule has 212 valence electrons. The van der Waals surface area contributed by atoms with Crippen LogP contribution in [0.15, 0.2) is 30.3 Å². The van der Waals surface area contributed by atoms with Crippen LogP contribution in [0.5, 0.6) is 0 Å². The van der Waals surface area contributed by atoms with Gasteiger partial charge in [0, 0.05) is 5.69 Å². The van der Waals surface area contributed by atoms with Crippen molar-refractivity contribution in [1.29, 1.82) is 0 Å². The summed E-state index contributed by atoms with van der Waals surface area (Å²) in [6.45, 7) is 0. The van der Waals surface area contributed by atoms with Crippen molar-refractivity contribution in [1.82, 2.24) is 0 Å². The Balaban J connectivity index is -0.000000182. The summed E-state index contributed by atoms with van der Waals surface area (Å²) in [6, 6.07) is 9.49. The van der Waals surface area contributed by atoms with E-state index in [2.05, 4.69) is 10.9 Å². The summed E-state index contributed by atoms with van der Waals surface area (Å²) in [5.74, 6) is 0. The maximum absolute atomic E-state index is 9.44. The number of nitrogens with two attached hydrogens (primary N) is 1. The molecular weight excluding hydrogens is 630 g/mol. The van der Waals surface area contributed by atoms with Gasteiger partial charge in [0.1, 0.15) is 0 Å². The normalized spacial score (nSPS) is 12.2. The number of anilines is 1. The van der Waals surface area contributed by atoms with E-state index in [0.717, 1.165) is 5.69 Å². The van der Waals surface area contributed by atoms with E-state index in [1.807, 2.05) is 30.3 Å². The van der Waals surface area contributed by atoms with E-state index in [4.69, 9.17) is 33.1 Å². The molecule has 0 amide bonds. The summed E-state index contributed by atoms with van der Waals surface area (Å²) in [4.78, 5) is 0. The molecule has 0 saturated carbocycles. The molecule has 0 fully saturated rings. The molecule has 0 saturated heterocycles. The minimum absolute atomic E-state index is 0. The molecular formula is C6H15NO22S6. The van der Waals surface area contributed by atoms with Crippen LogP contribution in [-0.2, 0) is 73.3 Å². The predicted molar refractivity (Wildman–Crippen MR) is 107 cm³/mol. The molecule has 10 N–H and O–H groups in total. The highest BCUT2D eigenvalue weighted by atomic mass is 32.3. The van der Waals surface area contributed by atoms with Gasteiger partial charge in [-0.2, -0.15) is 50.5 Å². The molecule has 0 heterocycles. The Kier molecular flexibility index (Phi) is 17.9. The number of para-hydroxylation sites is 1. The molecule has 1 rings (SSSR count). The third-order valence-corrected chi connectivity index (χ3v) is 5.44. The fourth-order valence-electron chi connectivity index (χ4n) is 0.779. The van der Waals surface area contributed by atoms with Gasteiger partial charge in [-0.05, 0) is 12.1 Å². The summed E-state index contributed by atoms with van der Waals surface area (Å²) in [7, 11) is -30.7. The van der Waals surface area contributed by atoms with Crippen LogP contribution >= 0.6 is 0 Å². The number of hydrogen-bond acceptors (Lipinski definition) is 16. The van der Waals surface area contributed by atoms with Crippen molar-refractivity contribution in [2.24, 2.45) is 0 Å². The number of nitrogen functional groups attached to an aromatic ring is 1. The predicted octanol–water partition coefficient (Wildman–Crippen LogP) is -3.73. The molecule has 35 heavy (non-hydrogen) atoms. The Morgan fingerprint density at radius 3 is 0.686 bits per heavy atom. The first-order valence-electron chi connectivity index (χ1n) is 6.29. The smallest absolute Gasteiger partial charge is 0.412 e. The van der Waals surface area contributed by atoms with E-state index in [1.54, 1.807) is 0 Å². The molecule has 0 unspecified atom stereocenters. The van der Waals surface area contributed by atoms with Crippen LogP contribution in [0.4, 0.5) is 5.69 Å². The fraction of sp³-hybridized carbons (Fsp3) is 0. The van der Waals surface area contributed by atoms with Crippen molar-refractivity contribution < 1.29 is 94.2 Å². The maximum atomic E-state index is 9.44. The third-order valence-electron chi connectivity index (χ3n) is 1.32. The minimum atomic E-state index is -5.12. The third kappa shape index (κ3) is 50.2. The van der Waals surface area contributed by atoms with Gasteiger partial charge in [0.25, 0.3) is 0 Å². The van der Waals surface area contributed by atoms with Crippen LogP contribution < -0.4 is 5.73 Å². The first-order chi connectivity index (χ1) is 14.5. The molecule has 0 aliphatic heterocycles. The Hall–Kier alpha value is -1.68. The van der Waals surface area contributed by atoms with E-state index in [-0.39, 0.29) is 5.48 Å². The van der Waals surface area contributed by atoms with Crippen LogP contribution in [0, 0.1) is 0 Å². The van der Waals surface area contributed by atoms with Crippen molar-refractivity contribution in [3.8, 4) is 0 Å². The van der Waals surface area contributed by atoms with Gasteiger partial charge in [-0.15, -0.1) is 10.9 Å². The van der Waals surface area contributed by atoms with Crippen molar-refractivity contribution in [2.45, 2.75) is 0 Å². The zero-order valence-electron chi connectivity index (χ0n) is 15.7. The lowest BCUT2D eigenvalue weighted by atomic mass is 10.3.